The largest absolute Gasteiger partial charge is 0.394 e. The second-order valence-corrected chi connectivity index (χ2v) is 20.6. The van der Waals surface area contributed by atoms with Gasteiger partial charge in [-0.05, 0) is 104 Å². The van der Waals surface area contributed by atoms with Gasteiger partial charge in [-0.15, -0.1) is 0 Å². The summed E-state index contributed by atoms with van der Waals surface area (Å²) in [6.07, 6.45) is -8.74. The maximum Gasteiger partial charge on any atom is 0.187 e. The van der Waals surface area contributed by atoms with Crippen LogP contribution in [0.1, 0.15) is 91.9 Å². The summed E-state index contributed by atoms with van der Waals surface area (Å²) < 4.78 is 49.5. The van der Waals surface area contributed by atoms with Gasteiger partial charge in [0.1, 0.15) is 61.0 Å². The standard InChI is InChI=1S/C43H70O16/c1-19-7-12-43(54-16-19)20(2)30-28(59-43)14-25-23-6-5-21-13-22(8-10-41(21,3)24(23)9-11-42(25,30)4)55-40-37(58-39-34(50)32(48)27(46)18-53-39)35(51)36(29(15-44)56-40)57-38-33(49)31(47)26(45)17-52-38/h19-40,44-51H,5-18H2,1-4H3/t19?,20-,21+,22-,23+,24-,25-,26+,27+,28-,29+,30-,31-,32-,33+,34+,35-,36+,37+,38-,39-,40+,41-,42-,43+/m0/s1. The molecule has 5 saturated heterocycles. The summed E-state index contributed by atoms with van der Waals surface area (Å²) in [4.78, 5) is 0. The van der Waals surface area contributed by atoms with Crippen LogP contribution >= 0.6 is 0 Å². The predicted molar refractivity (Wildman–Crippen MR) is 204 cm³/mol. The molecule has 0 amide bonds. The van der Waals surface area contributed by atoms with Crippen molar-refractivity contribution in [1.29, 1.82) is 0 Å². The molecule has 0 aromatic carbocycles. The van der Waals surface area contributed by atoms with Crippen LogP contribution in [-0.4, -0.2) is 165 Å². The molecule has 9 fully saturated rings. The Balaban J connectivity index is 0.887. The lowest BCUT2D eigenvalue weighted by Gasteiger charge is -2.61. The highest BCUT2D eigenvalue weighted by atomic mass is 16.8. The number of hydrogen-bond acceptors (Lipinski definition) is 16. The summed E-state index contributed by atoms with van der Waals surface area (Å²) in [5.74, 6) is 3.30. The van der Waals surface area contributed by atoms with Gasteiger partial charge < -0.3 is 78.7 Å². The fourth-order valence-corrected chi connectivity index (χ4v) is 14.1. The molecule has 59 heavy (non-hydrogen) atoms. The molecule has 4 saturated carbocycles. The minimum atomic E-state index is -1.68. The molecule has 16 heteroatoms. The van der Waals surface area contributed by atoms with Gasteiger partial charge in [-0.25, -0.2) is 0 Å². The zero-order valence-corrected chi connectivity index (χ0v) is 34.9. The first-order chi connectivity index (χ1) is 28.1. The third kappa shape index (κ3) is 7.28. The Morgan fingerprint density at radius 2 is 1.29 bits per heavy atom. The Hall–Kier alpha value is -0.640. The van der Waals surface area contributed by atoms with Gasteiger partial charge in [-0.3, -0.25) is 0 Å². The van der Waals surface area contributed by atoms with Gasteiger partial charge in [-0.2, -0.15) is 0 Å². The third-order valence-corrected chi connectivity index (χ3v) is 17.5. The highest BCUT2D eigenvalue weighted by Gasteiger charge is 2.69. The van der Waals surface area contributed by atoms with E-state index in [0.717, 1.165) is 58.0 Å². The van der Waals surface area contributed by atoms with Crippen LogP contribution in [0.3, 0.4) is 0 Å². The van der Waals surface area contributed by atoms with E-state index in [1.54, 1.807) is 0 Å². The number of ether oxygens (including phenoxy) is 8. The number of hydrogen-bond donors (Lipinski definition) is 8. The van der Waals surface area contributed by atoms with Crippen LogP contribution in [0.4, 0.5) is 0 Å². The van der Waals surface area contributed by atoms with Crippen LogP contribution < -0.4 is 0 Å². The number of aliphatic hydroxyl groups excluding tert-OH is 8. The SMILES string of the molecule is CC1CC[C@@]2(OC1)O[C@H]1C[C@H]3[C@@H]4CC[C@@H]5C[C@@H](O[C@@H]6O[C@H](CO)[C@@H](O[C@@H]7OC[C@@H](O)[C@H](O)[C@H]7O)[C@H](O)[C@H]6O[C@@H]6OC[C@@H](O)[C@H](O)[C@H]6O)CC[C@]5(C)[C@H]4CC[C@]3(C)[C@H]1[C@@H]2C. The fraction of sp³-hybridized carbons (Fsp3) is 1.00. The molecule has 1 spiro atoms. The predicted octanol–water partition coefficient (Wildman–Crippen LogP) is 0.545. The first kappa shape index (κ1) is 43.6. The van der Waals surface area contributed by atoms with Crippen molar-refractivity contribution in [3.05, 3.63) is 0 Å². The molecular weight excluding hydrogens is 772 g/mol. The van der Waals surface area contributed by atoms with E-state index < -0.39 is 92.3 Å². The summed E-state index contributed by atoms with van der Waals surface area (Å²) in [6, 6.07) is 0. The second kappa shape index (κ2) is 16.4. The van der Waals surface area contributed by atoms with Gasteiger partial charge in [0.25, 0.3) is 0 Å². The molecule has 9 rings (SSSR count). The molecule has 25 atom stereocenters. The lowest BCUT2D eigenvalue weighted by molar-refractivity contribution is -0.382. The van der Waals surface area contributed by atoms with Gasteiger partial charge in [0.15, 0.2) is 24.7 Å². The van der Waals surface area contributed by atoms with Crippen LogP contribution in [0, 0.1) is 52.3 Å². The minimum absolute atomic E-state index is 0.128. The van der Waals surface area contributed by atoms with Crippen molar-refractivity contribution in [2.24, 2.45) is 52.3 Å². The van der Waals surface area contributed by atoms with E-state index in [9.17, 15) is 40.9 Å². The summed E-state index contributed by atoms with van der Waals surface area (Å²) in [5, 5.41) is 84.5. The average molecular weight is 843 g/mol. The van der Waals surface area contributed by atoms with Gasteiger partial charge in [0.05, 0.1) is 38.6 Å². The molecule has 4 aliphatic carbocycles. The molecule has 0 bridgehead atoms. The topological polar surface area (TPSA) is 236 Å². The molecule has 0 aromatic rings. The average Bonchev–Trinajstić information content (AvgIpc) is 3.67. The van der Waals surface area contributed by atoms with Crippen LogP contribution in [-0.2, 0) is 37.9 Å². The van der Waals surface area contributed by atoms with Gasteiger partial charge in [0.2, 0.25) is 0 Å². The maximum atomic E-state index is 11.9. The Labute approximate surface area is 346 Å². The van der Waals surface area contributed by atoms with Crippen molar-refractivity contribution in [3.8, 4) is 0 Å². The zero-order valence-electron chi connectivity index (χ0n) is 34.9. The van der Waals surface area contributed by atoms with E-state index in [2.05, 4.69) is 27.7 Å². The molecule has 5 heterocycles. The van der Waals surface area contributed by atoms with Crippen molar-refractivity contribution in [2.45, 2.75) is 190 Å². The van der Waals surface area contributed by atoms with Crippen molar-refractivity contribution >= 4 is 0 Å². The van der Waals surface area contributed by atoms with Crippen LogP contribution in [0.5, 0.6) is 0 Å². The lowest BCUT2D eigenvalue weighted by atomic mass is 9.44. The molecule has 16 nitrogen and oxygen atoms in total. The molecule has 1 unspecified atom stereocenters. The van der Waals surface area contributed by atoms with Gasteiger partial charge >= 0.3 is 0 Å². The summed E-state index contributed by atoms with van der Waals surface area (Å²) >= 11 is 0. The number of rotatable bonds is 7. The molecule has 338 valence electrons. The maximum absolute atomic E-state index is 11.9. The summed E-state index contributed by atoms with van der Waals surface area (Å²) in [7, 11) is 0. The number of fused-ring (bicyclic) bond motifs is 7. The smallest absolute Gasteiger partial charge is 0.187 e. The third-order valence-electron chi connectivity index (χ3n) is 17.5. The highest BCUT2D eigenvalue weighted by Crippen LogP contribution is 2.71. The zero-order chi connectivity index (χ0) is 41.8. The minimum Gasteiger partial charge on any atom is -0.394 e. The first-order valence-corrected chi connectivity index (χ1v) is 22.6. The monoisotopic (exact) mass is 842 g/mol. The molecule has 9 aliphatic rings. The second-order valence-electron chi connectivity index (χ2n) is 20.6. The normalized spacial score (nSPS) is 58.8. The quantitative estimate of drug-likeness (QED) is 0.164. The van der Waals surface area contributed by atoms with Crippen LogP contribution in [0.2, 0.25) is 0 Å². The number of aliphatic hydroxyl groups is 8. The fourth-order valence-electron chi connectivity index (χ4n) is 14.1. The molecule has 0 radical (unpaired) electrons. The Morgan fingerprint density at radius 1 is 0.627 bits per heavy atom. The van der Waals surface area contributed by atoms with Crippen molar-refractivity contribution in [1.82, 2.24) is 0 Å². The lowest BCUT2D eigenvalue weighted by Crippen LogP contribution is -2.66. The van der Waals surface area contributed by atoms with Gasteiger partial charge in [-0.1, -0.05) is 27.7 Å². The van der Waals surface area contributed by atoms with E-state index in [-0.39, 0.29) is 36.3 Å². The Kier molecular flexibility index (Phi) is 12.1. The Morgan fingerprint density at radius 3 is 1.93 bits per heavy atom. The van der Waals surface area contributed by atoms with Crippen molar-refractivity contribution in [2.75, 3.05) is 26.4 Å². The van der Waals surface area contributed by atoms with E-state index >= 15 is 0 Å². The van der Waals surface area contributed by atoms with E-state index in [1.165, 1.54) is 12.8 Å². The molecule has 5 aliphatic heterocycles. The highest BCUT2D eigenvalue weighted by molar-refractivity contribution is 5.15. The first-order valence-electron chi connectivity index (χ1n) is 22.6. The van der Waals surface area contributed by atoms with E-state index in [1.807, 2.05) is 0 Å². The van der Waals surface area contributed by atoms with E-state index in [4.69, 9.17) is 37.9 Å². The van der Waals surface area contributed by atoms with Gasteiger partial charge in [0, 0.05) is 12.3 Å². The molecule has 8 N–H and O–H groups in total. The Bertz CT molecular complexity index is 1470. The van der Waals surface area contributed by atoms with Crippen molar-refractivity contribution < 1.29 is 78.7 Å². The molecular formula is C43H70O16. The van der Waals surface area contributed by atoms with Crippen LogP contribution in [0.25, 0.3) is 0 Å². The van der Waals surface area contributed by atoms with E-state index in [0.29, 0.717) is 41.4 Å². The van der Waals surface area contributed by atoms with Crippen molar-refractivity contribution in [3.63, 3.8) is 0 Å². The molecule has 0 aromatic heterocycles. The summed E-state index contributed by atoms with van der Waals surface area (Å²) in [6.45, 7) is 9.18. The van der Waals surface area contributed by atoms with Crippen LogP contribution in [0.15, 0.2) is 0 Å². The summed E-state index contributed by atoms with van der Waals surface area (Å²) in [5.41, 5.74) is 0.360.